The van der Waals surface area contributed by atoms with Gasteiger partial charge in [-0.2, -0.15) is 5.21 Å². The van der Waals surface area contributed by atoms with Crippen LogP contribution < -0.4 is 5.32 Å². The Kier molecular flexibility index (Phi) is 2.99. The Hall–Kier alpha value is -1.75. The number of nitrogens with zero attached hydrogens (tertiary/aromatic N) is 3. The van der Waals surface area contributed by atoms with Gasteiger partial charge in [-0.05, 0) is 48.6 Å². The first-order valence-corrected chi connectivity index (χ1v) is 7.42. The van der Waals surface area contributed by atoms with Gasteiger partial charge in [-0.15, -0.1) is 10.2 Å². The minimum atomic E-state index is 0.584. The first-order valence-electron chi connectivity index (χ1n) is 7.42. The third-order valence-corrected chi connectivity index (χ3v) is 4.89. The normalized spacial score (nSPS) is 28.1. The summed E-state index contributed by atoms with van der Waals surface area (Å²) in [4.78, 5) is 0. The minimum Gasteiger partial charge on any atom is -0.306 e. The monoisotopic (exact) mass is 269 g/mol. The van der Waals surface area contributed by atoms with Gasteiger partial charge in [0.25, 0.3) is 0 Å². The molecule has 1 fully saturated rings. The molecule has 2 bridgehead atoms. The van der Waals surface area contributed by atoms with Gasteiger partial charge in [-0.3, -0.25) is 0 Å². The number of fused-ring (bicyclic) bond motifs is 3. The van der Waals surface area contributed by atoms with Crippen LogP contribution >= 0.6 is 0 Å². The third kappa shape index (κ3) is 2.12. The van der Waals surface area contributed by atoms with Crippen LogP contribution in [-0.2, 0) is 19.4 Å². The molecule has 20 heavy (non-hydrogen) atoms. The van der Waals surface area contributed by atoms with Crippen LogP contribution in [0.2, 0.25) is 0 Å². The van der Waals surface area contributed by atoms with Crippen molar-refractivity contribution in [3.63, 3.8) is 0 Å². The fourth-order valence-electron chi connectivity index (χ4n) is 3.95. The number of tetrazole rings is 1. The smallest absolute Gasteiger partial charge is 0.188 e. The van der Waals surface area contributed by atoms with Gasteiger partial charge in [-0.1, -0.05) is 29.5 Å². The van der Waals surface area contributed by atoms with Crippen LogP contribution in [0, 0.1) is 11.8 Å². The third-order valence-electron chi connectivity index (χ3n) is 4.89. The number of hydrogen-bond acceptors (Lipinski definition) is 4. The van der Waals surface area contributed by atoms with Gasteiger partial charge in [0.05, 0.1) is 6.54 Å². The van der Waals surface area contributed by atoms with Gasteiger partial charge in [0.2, 0.25) is 0 Å². The second-order valence-electron chi connectivity index (χ2n) is 6.01. The van der Waals surface area contributed by atoms with Crippen molar-refractivity contribution in [2.24, 2.45) is 11.8 Å². The molecule has 0 radical (unpaired) electrons. The molecular weight excluding hydrogens is 250 g/mol. The Labute approximate surface area is 118 Å². The molecule has 2 N–H and O–H groups in total. The average molecular weight is 269 g/mol. The number of hydrogen-bond donors (Lipinski definition) is 2. The van der Waals surface area contributed by atoms with E-state index in [0.29, 0.717) is 12.6 Å². The maximum atomic E-state index is 4.02. The second-order valence-corrected chi connectivity index (χ2v) is 6.01. The molecule has 1 aromatic carbocycles. The van der Waals surface area contributed by atoms with E-state index in [2.05, 4.69) is 50.2 Å². The summed E-state index contributed by atoms with van der Waals surface area (Å²) in [7, 11) is 0. The van der Waals surface area contributed by atoms with Crippen molar-refractivity contribution in [2.45, 2.75) is 38.3 Å². The van der Waals surface area contributed by atoms with Crippen molar-refractivity contribution in [1.82, 2.24) is 25.9 Å². The highest BCUT2D eigenvalue weighted by atomic mass is 15.5. The van der Waals surface area contributed by atoms with Crippen LogP contribution in [-0.4, -0.2) is 26.7 Å². The molecule has 1 heterocycles. The van der Waals surface area contributed by atoms with E-state index in [4.69, 9.17) is 0 Å². The van der Waals surface area contributed by atoms with E-state index in [0.717, 1.165) is 17.7 Å². The summed E-state index contributed by atoms with van der Waals surface area (Å²) in [5, 5.41) is 17.9. The van der Waals surface area contributed by atoms with Crippen LogP contribution in [0.3, 0.4) is 0 Å². The number of aromatic amines is 1. The fraction of sp³-hybridized carbons (Fsp3) is 0.533. The number of nitrogens with one attached hydrogen (secondary N) is 2. The van der Waals surface area contributed by atoms with Crippen molar-refractivity contribution in [1.29, 1.82) is 0 Å². The maximum Gasteiger partial charge on any atom is 0.188 e. The van der Waals surface area contributed by atoms with Gasteiger partial charge in [0.1, 0.15) is 0 Å². The number of aromatic nitrogens is 4. The molecule has 0 aliphatic heterocycles. The minimum absolute atomic E-state index is 0.584. The van der Waals surface area contributed by atoms with Crippen molar-refractivity contribution in [2.75, 3.05) is 0 Å². The van der Waals surface area contributed by atoms with E-state index in [1.54, 1.807) is 11.1 Å². The lowest BCUT2D eigenvalue weighted by Crippen LogP contribution is -2.37. The van der Waals surface area contributed by atoms with Gasteiger partial charge >= 0.3 is 0 Å². The summed E-state index contributed by atoms with van der Waals surface area (Å²) >= 11 is 0. The van der Waals surface area contributed by atoms with Crippen LogP contribution in [0.5, 0.6) is 0 Å². The first-order chi connectivity index (χ1) is 9.90. The molecule has 2 aliphatic carbocycles. The zero-order valence-electron chi connectivity index (χ0n) is 11.4. The highest BCUT2D eigenvalue weighted by molar-refractivity contribution is 5.30. The Morgan fingerprint density at radius 3 is 2.40 bits per heavy atom. The molecule has 104 valence electrons. The molecule has 2 unspecified atom stereocenters. The second kappa shape index (κ2) is 4.98. The number of rotatable bonds is 3. The zero-order chi connectivity index (χ0) is 13.4. The Morgan fingerprint density at radius 2 is 1.80 bits per heavy atom. The molecule has 5 nitrogen and oxygen atoms in total. The van der Waals surface area contributed by atoms with Crippen LogP contribution in [0.4, 0.5) is 0 Å². The van der Waals surface area contributed by atoms with E-state index in [1.165, 1.54) is 25.7 Å². The van der Waals surface area contributed by atoms with E-state index in [9.17, 15) is 0 Å². The van der Waals surface area contributed by atoms with Gasteiger partial charge in [0, 0.05) is 6.04 Å². The van der Waals surface area contributed by atoms with Gasteiger partial charge < -0.3 is 5.32 Å². The van der Waals surface area contributed by atoms with Crippen LogP contribution in [0.1, 0.15) is 29.8 Å². The predicted octanol–water partition coefficient (Wildman–Crippen LogP) is 1.48. The topological polar surface area (TPSA) is 66.5 Å². The van der Waals surface area contributed by atoms with E-state index in [1.807, 2.05) is 0 Å². The van der Waals surface area contributed by atoms with Gasteiger partial charge in [0.15, 0.2) is 5.82 Å². The molecule has 1 saturated carbocycles. The van der Waals surface area contributed by atoms with Crippen LogP contribution in [0.15, 0.2) is 24.3 Å². The van der Waals surface area contributed by atoms with Crippen molar-refractivity contribution < 1.29 is 0 Å². The molecule has 2 aliphatic rings. The highest BCUT2D eigenvalue weighted by Gasteiger charge is 2.38. The molecule has 4 rings (SSSR count). The zero-order valence-corrected chi connectivity index (χ0v) is 11.4. The Morgan fingerprint density at radius 1 is 1.10 bits per heavy atom. The lowest BCUT2D eigenvalue weighted by atomic mass is 9.94. The maximum absolute atomic E-state index is 4.02. The fourth-order valence-corrected chi connectivity index (χ4v) is 3.95. The number of H-pyrrole nitrogens is 1. The predicted molar refractivity (Wildman–Crippen MR) is 74.9 cm³/mol. The van der Waals surface area contributed by atoms with Crippen molar-refractivity contribution >= 4 is 0 Å². The summed E-state index contributed by atoms with van der Waals surface area (Å²) in [5.74, 6) is 2.25. The molecule has 1 aromatic heterocycles. The highest BCUT2D eigenvalue weighted by Crippen LogP contribution is 2.40. The van der Waals surface area contributed by atoms with Crippen molar-refractivity contribution in [3.8, 4) is 0 Å². The van der Waals surface area contributed by atoms with Gasteiger partial charge in [-0.25, -0.2) is 0 Å². The Balaban J connectivity index is 1.52. The average Bonchev–Trinajstić information content (AvgIpc) is 3.04. The van der Waals surface area contributed by atoms with E-state index < -0.39 is 0 Å². The molecule has 0 amide bonds. The first kappa shape index (κ1) is 12.0. The largest absolute Gasteiger partial charge is 0.306 e. The standard InChI is InChI=1S/C15H19N5/c1-2-4-11-8-13-6-5-12(7-10(11)3-1)15(13)16-9-14-17-19-20-18-14/h1-4,12-13,15-16H,5-9H2,(H,17,18,19,20). The Bertz CT molecular complexity index is 547. The molecular formula is C15H19N5. The summed E-state index contributed by atoms with van der Waals surface area (Å²) in [6, 6.07) is 9.51. The molecule has 5 heteroatoms. The van der Waals surface area contributed by atoms with Crippen molar-refractivity contribution in [3.05, 3.63) is 41.2 Å². The number of benzene rings is 1. The van der Waals surface area contributed by atoms with E-state index >= 15 is 0 Å². The summed E-state index contributed by atoms with van der Waals surface area (Å²) < 4.78 is 0. The summed E-state index contributed by atoms with van der Waals surface area (Å²) in [6.07, 6.45) is 5.08. The van der Waals surface area contributed by atoms with Crippen LogP contribution in [0.25, 0.3) is 0 Å². The lowest BCUT2D eigenvalue weighted by molar-refractivity contribution is 0.337. The SMILES string of the molecule is c1ccc2c(c1)CC1CCC(C2)C1NCc1nn[nH]n1. The molecule has 0 saturated heterocycles. The summed E-state index contributed by atoms with van der Waals surface area (Å²) in [5.41, 5.74) is 3.09. The van der Waals surface area contributed by atoms with E-state index in [-0.39, 0.29) is 0 Å². The quantitative estimate of drug-likeness (QED) is 0.886. The molecule has 2 atom stereocenters. The molecule has 2 aromatic rings. The summed E-state index contributed by atoms with van der Waals surface area (Å²) in [6.45, 7) is 0.713. The lowest BCUT2D eigenvalue weighted by Gasteiger charge is -2.23. The molecule has 0 spiro atoms.